The number of aromatic nitrogens is 1. The van der Waals surface area contributed by atoms with Gasteiger partial charge in [0.2, 0.25) is 5.91 Å². The molecule has 4 nitrogen and oxygen atoms in total. The quantitative estimate of drug-likeness (QED) is 0.780. The van der Waals surface area contributed by atoms with Gasteiger partial charge in [-0.15, -0.1) is 0 Å². The van der Waals surface area contributed by atoms with E-state index in [2.05, 4.69) is 22.1 Å². The number of hydrogen-bond acceptors (Lipinski definition) is 2. The van der Waals surface area contributed by atoms with Gasteiger partial charge < -0.3 is 15.6 Å². The van der Waals surface area contributed by atoms with E-state index in [1.165, 1.54) is 18.4 Å². The fraction of sp³-hybridized carbons (Fsp3) is 0.615. The largest absolute Gasteiger partial charge is 0.369 e. The van der Waals surface area contributed by atoms with E-state index < -0.39 is 0 Å². The Kier molecular flexibility index (Phi) is 3.52. The molecule has 0 saturated heterocycles. The molecule has 0 spiro atoms. The second-order valence-corrected chi connectivity index (χ2v) is 5.05. The lowest BCUT2D eigenvalue weighted by Crippen LogP contribution is -2.24. The third-order valence-corrected chi connectivity index (χ3v) is 3.51. The number of carbonyl (C=O) groups is 1. The summed E-state index contributed by atoms with van der Waals surface area (Å²) in [5, 5.41) is 3.36. The summed E-state index contributed by atoms with van der Waals surface area (Å²) in [6, 6.07) is 2.59. The zero-order valence-corrected chi connectivity index (χ0v) is 10.5. The molecule has 0 radical (unpaired) electrons. The SMILES string of the molecule is CNC(c1ccn(CC(C)C(N)=O)c1)C1CC1. The Morgan fingerprint density at radius 3 is 2.88 bits per heavy atom. The van der Waals surface area contributed by atoms with Crippen LogP contribution in [0, 0.1) is 11.8 Å². The standard InChI is InChI=1S/C13H21N3O/c1-9(13(14)17)7-16-6-5-11(8-16)12(15-2)10-3-4-10/h5-6,8-10,12,15H,3-4,7H2,1-2H3,(H2,14,17). The molecule has 94 valence electrons. The molecule has 1 fully saturated rings. The second-order valence-electron chi connectivity index (χ2n) is 5.05. The van der Waals surface area contributed by atoms with Crippen molar-refractivity contribution < 1.29 is 4.79 Å². The summed E-state index contributed by atoms with van der Waals surface area (Å²) in [5.74, 6) is 0.418. The van der Waals surface area contributed by atoms with Crippen molar-refractivity contribution >= 4 is 5.91 Å². The first-order valence-electron chi connectivity index (χ1n) is 6.24. The Hall–Kier alpha value is -1.29. The van der Waals surface area contributed by atoms with Crippen LogP contribution in [0.2, 0.25) is 0 Å². The van der Waals surface area contributed by atoms with Crippen LogP contribution in [0.25, 0.3) is 0 Å². The molecule has 1 heterocycles. The van der Waals surface area contributed by atoms with Crippen LogP contribution >= 0.6 is 0 Å². The minimum Gasteiger partial charge on any atom is -0.369 e. The fourth-order valence-corrected chi connectivity index (χ4v) is 2.27. The smallest absolute Gasteiger partial charge is 0.222 e. The summed E-state index contributed by atoms with van der Waals surface area (Å²) in [6.45, 7) is 2.52. The number of amides is 1. The number of nitrogens with one attached hydrogen (secondary N) is 1. The number of rotatable bonds is 6. The average molecular weight is 235 g/mol. The summed E-state index contributed by atoms with van der Waals surface area (Å²) in [6.07, 6.45) is 6.78. The van der Waals surface area contributed by atoms with Gasteiger partial charge in [-0.1, -0.05) is 6.92 Å². The molecular formula is C13H21N3O. The van der Waals surface area contributed by atoms with Crippen molar-refractivity contribution in [2.45, 2.75) is 32.4 Å². The Labute approximate surface area is 102 Å². The van der Waals surface area contributed by atoms with Gasteiger partial charge in [-0.05, 0) is 37.4 Å². The maximum Gasteiger partial charge on any atom is 0.222 e. The van der Waals surface area contributed by atoms with E-state index in [1.807, 2.05) is 20.2 Å². The lowest BCUT2D eigenvalue weighted by atomic mass is 10.1. The number of hydrogen-bond donors (Lipinski definition) is 2. The van der Waals surface area contributed by atoms with Crippen LogP contribution in [-0.2, 0) is 11.3 Å². The van der Waals surface area contributed by atoms with Crippen molar-refractivity contribution in [3.63, 3.8) is 0 Å². The van der Waals surface area contributed by atoms with Gasteiger partial charge in [-0.25, -0.2) is 0 Å². The minimum atomic E-state index is -0.243. The van der Waals surface area contributed by atoms with Gasteiger partial charge in [0.25, 0.3) is 0 Å². The Morgan fingerprint density at radius 2 is 2.35 bits per heavy atom. The van der Waals surface area contributed by atoms with Gasteiger partial charge in [0.1, 0.15) is 0 Å². The van der Waals surface area contributed by atoms with Gasteiger partial charge in [0.15, 0.2) is 0 Å². The molecule has 0 bridgehead atoms. The number of primary amides is 1. The van der Waals surface area contributed by atoms with Gasteiger partial charge in [0, 0.05) is 25.0 Å². The van der Waals surface area contributed by atoms with E-state index in [1.54, 1.807) is 0 Å². The van der Waals surface area contributed by atoms with E-state index in [4.69, 9.17) is 5.73 Å². The molecule has 3 N–H and O–H groups in total. The summed E-state index contributed by atoms with van der Waals surface area (Å²) in [7, 11) is 2.01. The van der Waals surface area contributed by atoms with E-state index >= 15 is 0 Å². The molecule has 1 aromatic rings. The Morgan fingerprint density at radius 1 is 1.65 bits per heavy atom. The summed E-state index contributed by atoms with van der Waals surface area (Å²) in [4.78, 5) is 11.0. The highest BCUT2D eigenvalue weighted by Gasteiger charge is 2.31. The third kappa shape index (κ3) is 2.88. The maximum atomic E-state index is 11.0. The van der Waals surface area contributed by atoms with E-state index in [0.717, 1.165) is 5.92 Å². The lowest BCUT2D eigenvalue weighted by molar-refractivity contribution is -0.121. The second kappa shape index (κ2) is 4.92. The summed E-state index contributed by atoms with van der Waals surface area (Å²) < 4.78 is 2.05. The first kappa shape index (κ1) is 12.2. The molecule has 1 saturated carbocycles. The Balaban J connectivity index is 2.02. The van der Waals surface area contributed by atoms with E-state index in [0.29, 0.717) is 12.6 Å². The average Bonchev–Trinajstić information content (AvgIpc) is 3.01. The zero-order chi connectivity index (χ0) is 12.4. The molecule has 4 heteroatoms. The van der Waals surface area contributed by atoms with Gasteiger partial charge in [-0.2, -0.15) is 0 Å². The molecule has 0 aromatic carbocycles. The van der Waals surface area contributed by atoms with Crippen molar-refractivity contribution in [1.29, 1.82) is 0 Å². The predicted octanol–water partition coefficient (Wildman–Crippen LogP) is 1.28. The van der Waals surface area contributed by atoms with Crippen molar-refractivity contribution in [3.8, 4) is 0 Å². The van der Waals surface area contributed by atoms with Gasteiger partial charge in [-0.3, -0.25) is 4.79 Å². The topological polar surface area (TPSA) is 60.1 Å². The molecule has 2 rings (SSSR count). The van der Waals surface area contributed by atoms with Crippen molar-refractivity contribution in [2.24, 2.45) is 17.6 Å². The van der Waals surface area contributed by atoms with Crippen LogP contribution in [0.5, 0.6) is 0 Å². The summed E-state index contributed by atoms with van der Waals surface area (Å²) in [5.41, 5.74) is 6.58. The van der Waals surface area contributed by atoms with Crippen LogP contribution in [-0.4, -0.2) is 17.5 Å². The van der Waals surface area contributed by atoms with Crippen LogP contribution < -0.4 is 11.1 Å². The highest BCUT2D eigenvalue weighted by atomic mass is 16.1. The zero-order valence-electron chi connectivity index (χ0n) is 10.5. The van der Waals surface area contributed by atoms with Crippen LogP contribution in [0.1, 0.15) is 31.4 Å². The monoisotopic (exact) mass is 235 g/mol. The van der Waals surface area contributed by atoms with Crippen molar-refractivity contribution in [2.75, 3.05) is 7.05 Å². The maximum absolute atomic E-state index is 11.0. The molecule has 1 amide bonds. The molecule has 2 atom stereocenters. The third-order valence-electron chi connectivity index (χ3n) is 3.51. The number of carbonyl (C=O) groups excluding carboxylic acids is 1. The molecular weight excluding hydrogens is 214 g/mol. The molecule has 1 aromatic heterocycles. The molecule has 2 unspecified atom stereocenters. The number of nitrogens with zero attached hydrogens (tertiary/aromatic N) is 1. The fourth-order valence-electron chi connectivity index (χ4n) is 2.27. The number of nitrogens with two attached hydrogens (primary N) is 1. The van der Waals surface area contributed by atoms with Gasteiger partial charge >= 0.3 is 0 Å². The first-order valence-corrected chi connectivity index (χ1v) is 6.24. The van der Waals surface area contributed by atoms with Crippen LogP contribution in [0.15, 0.2) is 18.5 Å². The van der Waals surface area contributed by atoms with Crippen molar-refractivity contribution in [3.05, 3.63) is 24.0 Å². The normalized spacial score (nSPS) is 18.9. The highest BCUT2D eigenvalue weighted by Crippen LogP contribution is 2.40. The Bertz CT molecular complexity index is 395. The molecule has 1 aliphatic carbocycles. The predicted molar refractivity (Wildman–Crippen MR) is 67.3 cm³/mol. The first-order chi connectivity index (χ1) is 8.11. The van der Waals surface area contributed by atoms with Gasteiger partial charge in [0.05, 0.1) is 5.92 Å². The minimum absolute atomic E-state index is 0.121. The van der Waals surface area contributed by atoms with Crippen LogP contribution in [0.4, 0.5) is 0 Å². The highest BCUT2D eigenvalue weighted by molar-refractivity contribution is 5.76. The summed E-state index contributed by atoms with van der Waals surface area (Å²) >= 11 is 0. The lowest BCUT2D eigenvalue weighted by Gasteiger charge is -2.13. The van der Waals surface area contributed by atoms with E-state index in [9.17, 15) is 4.79 Å². The van der Waals surface area contributed by atoms with Crippen molar-refractivity contribution in [1.82, 2.24) is 9.88 Å². The molecule has 1 aliphatic rings. The molecule has 17 heavy (non-hydrogen) atoms. The van der Waals surface area contributed by atoms with E-state index in [-0.39, 0.29) is 11.8 Å². The molecule has 0 aliphatic heterocycles. The van der Waals surface area contributed by atoms with Crippen LogP contribution in [0.3, 0.4) is 0 Å².